The van der Waals surface area contributed by atoms with Gasteiger partial charge in [0, 0.05) is 32.2 Å². The van der Waals surface area contributed by atoms with E-state index in [9.17, 15) is 14.3 Å². The van der Waals surface area contributed by atoms with Crippen molar-refractivity contribution in [3.05, 3.63) is 64.4 Å². The van der Waals surface area contributed by atoms with Crippen molar-refractivity contribution in [1.29, 1.82) is 0 Å². The highest BCUT2D eigenvalue weighted by Crippen LogP contribution is 2.21. The lowest BCUT2D eigenvalue weighted by Crippen LogP contribution is -2.35. The summed E-state index contributed by atoms with van der Waals surface area (Å²) in [5.74, 6) is -0.452. The van der Waals surface area contributed by atoms with Gasteiger partial charge in [0.15, 0.2) is 6.61 Å². The number of ether oxygens (including phenoxy) is 1. The van der Waals surface area contributed by atoms with Crippen LogP contribution in [0.4, 0.5) is 4.39 Å². The van der Waals surface area contributed by atoms with Gasteiger partial charge in [-0.1, -0.05) is 35.9 Å². The number of rotatable bonds is 7. The molecule has 150 valence electrons. The first-order chi connectivity index (χ1) is 13.5. The highest BCUT2D eigenvalue weighted by Gasteiger charge is 2.16. The van der Waals surface area contributed by atoms with Gasteiger partial charge in [0.05, 0.1) is 11.1 Å². The van der Waals surface area contributed by atoms with Crippen molar-refractivity contribution in [2.24, 2.45) is 0 Å². The van der Waals surface area contributed by atoms with Gasteiger partial charge in [-0.2, -0.15) is 0 Å². The van der Waals surface area contributed by atoms with Gasteiger partial charge in [-0.15, -0.1) is 0 Å². The van der Waals surface area contributed by atoms with Crippen LogP contribution in [0.1, 0.15) is 24.0 Å². The molecular formula is C21H24ClFN2O3. The minimum atomic E-state index is -0.528. The molecule has 0 spiro atoms. The molecule has 7 heteroatoms. The average molecular weight is 407 g/mol. The number of piperidine rings is 1. The van der Waals surface area contributed by atoms with E-state index in [0.717, 1.165) is 38.0 Å². The second kappa shape index (κ2) is 9.87. The fourth-order valence-electron chi connectivity index (χ4n) is 3.07. The monoisotopic (exact) mass is 406 g/mol. The predicted molar refractivity (Wildman–Crippen MR) is 106 cm³/mol. The largest absolute Gasteiger partial charge is 0.484 e. The van der Waals surface area contributed by atoms with Crippen LogP contribution in [0.3, 0.4) is 0 Å². The zero-order valence-electron chi connectivity index (χ0n) is 15.5. The molecule has 0 unspecified atom stereocenters. The van der Waals surface area contributed by atoms with Crippen molar-refractivity contribution in [2.45, 2.75) is 32.0 Å². The molecule has 1 aliphatic rings. The van der Waals surface area contributed by atoms with Crippen molar-refractivity contribution in [3.63, 3.8) is 0 Å². The Balaban J connectivity index is 1.40. The van der Waals surface area contributed by atoms with Crippen molar-refractivity contribution < 1.29 is 19.0 Å². The third kappa shape index (κ3) is 6.19. The average Bonchev–Trinajstić information content (AvgIpc) is 2.70. The Morgan fingerprint density at radius 3 is 2.54 bits per heavy atom. The Morgan fingerprint density at radius 2 is 1.86 bits per heavy atom. The van der Waals surface area contributed by atoms with Gasteiger partial charge in [-0.3, -0.25) is 9.69 Å². The molecule has 0 aliphatic carbocycles. The molecule has 1 aliphatic heterocycles. The van der Waals surface area contributed by atoms with Crippen LogP contribution in [-0.2, 0) is 17.9 Å². The summed E-state index contributed by atoms with van der Waals surface area (Å²) in [6.07, 6.45) is 1.50. The highest BCUT2D eigenvalue weighted by molar-refractivity contribution is 6.30. The highest BCUT2D eigenvalue weighted by atomic mass is 35.5. The maximum absolute atomic E-state index is 13.1. The number of nitrogens with one attached hydrogen (secondary N) is 1. The maximum atomic E-state index is 13.1. The van der Waals surface area contributed by atoms with Gasteiger partial charge in [0.25, 0.3) is 5.91 Å². The van der Waals surface area contributed by atoms with Crippen LogP contribution >= 0.6 is 11.6 Å². The molecule has 0 aromatic heterocycles. The van der Waals surface area contributed by atoms with Crippen molar-refractivity contribution in [3.8, 4) is 5.75 Å². The Labute approximate surface area is 169 Å². The van der Waals surface area contributed by atoms with Gasteiger partial charge in [0.2, 0.25) is 0 Å². The molecule has 2 aromatic carbocycles. The van der Waals surface area contributed by atoms with Crippen LogP contribution in [0, 0.1) is 5.82 Å². The minimum Gasteiger partial charge on any atom is -0.484 e. The second-order valence-corrected chi connectivity index (χ2v) is 7.37. The Hall–Kier alpha value is -2.15. The number of aliphatic hydroxyl groups excluding tert-OH is 1. The summed E-state index contributed by atoms with van der Waals surface area (Å²) in [7, 11) is 0. The second-order valence-electron chi connectivity index (χ2n) is 6.97. The molecule has 1 heterocycles. The van der Waals surface area contributed by atoms with E-state index in [0.29, 0.717) is 12.3 Å². The van der Waals surface area contributed by atoms with Crippen molar-refractivity contribution >= 4 is 17.5 Å². The van der Waals surface area contributed by atoms with E-state index in [4.69, 9.17) is 16.3 Å². The smallest absolute Gasteiger partial charge is 0.258 e. The lowest BCUT2D eigenvalue weighted by atomic mass is 10.1. The normalized spacial score (nSPS) is 15.4. The Kier molecular flexibility index (Phi) is 7.25. The SMILES string of the molecule is O=C(COc1ccc(F)c(Cl)c1)NCc1ccc(CN2CCC(O)CC2)cc1. The number of hydrogen-bond donors (Lipinski definition) is 2. The van der Waals surface area contributed by atoms with E-state index < -0.39 is 5.82 Å². The van der Waals surface area contributed by atoms with Gasteiger partial charge in [-0.25, -0.2) is 4.39 Å². The zero-order chi connectivity index (χ0) is 19.9. The molecule has 2 aromatic rings. The maximum Gasteiger partial charge on any atom is 0.258 e. The lowest BCUT2D eigenvalue weighted by molar-refractivity contribution is -0.123. The number of nitrogens with zero attached hydrogens (tertiary/aromatic N) is 1. The first-order valence-corrected chi connectivity index (χ1v) is 9.70. The van der Waals surface area contributed by atoms with Gasteiger partial charge < -0.3 is 15.2 Å². The first-order valence-electron chi connectivity index (χ1n) is 9.32. The van der Waals surface area contributed by atoms with E-state index in [1.807, 2.05) is 12.1 Å². The van der Waals surface area contributed by atoms with Crippen LogP contribution in [0.25, 0.3) is 0 Å². The predicted octanol–water partition coefficient (Wildman–Crippen LogP) is 3.13. The van der Waals surface area contributed by atoms with Crippen LogP contribution < -0.4 is 10.1 Å². The standard InChI is InChI=1S/C21H24ClFN2O3/c22-19-11-18(5-6-20(19)23)28-14-21(27)24-12-15-1-3-16(4-2-15)13-25-9-7-17(26)8-10-25/h1-6,11,17,26H,7-10,12-14H2,(H,24,27). The number of hydrogen-bond acceptors (Lipinski definition) is 4. The number of benzene rings is 2. The van der Waals surface area contributed by atoms with Gasteiger partial charge >= 0.3 is 0 Å². The summed E-state index contributed by atoms with van der Waals surface area (Å²) in [6, 6.07) is 12.1. The fourth-order valence-corrected chi connectivity index (χ4v) is 3.24. The quantitative estimate of drug-likeness (QED) is 0.741. The summed E-state index contributed by atoms with van der Waals surface area (Å²) in [5, 5.41) is 12.3. The summed E-state index contributed by atoms with van der Waals surface area (Å²) < 4.78 is 18.4. The summed E-state index contributed by atoms with van der Waals surface area (Å²) in [4.78, 5) is 14.3. The van der Waals surface area contributed by atoms with Crippen molar-refractivity contribution in [1.82, 2.24) is 10.2 Å². The molecule has 2 N–H and O–H groups in total. The van der Waals surface area contributed by atoms with E-state index >= 15 is 0 Å². The molecule has 5 nitrogen and oxygen atoms in total. The van der Waals surface area contributed by atoms with Crippen LogP contribution in [0.5, 0.6) is 5.75 Å². The summed E-state index contributed by atoms with van der Waals surface area (Å²) in [6.45, 7) is 2.94. The molecule has 0 saturated carbocycles. The van der Waals surface area contributed by atoms with Gasteiger partial charge in [-0.05, 0) is 36.1 Å². The van der Waals surface area contributed by atoms with Crippen molar-refractivity contribution in [2.75, 3.05) is 19.7 Å². The summed E-state index contributed by atoms with van der Waals surface area (Å²) >= 11 is 5.68. The van der Waals surface area contributed by atoms with E-state index in [1.165, 1.54) is 23.8 Å². The van der Waals surface area contributed by atoms with E-state index in [1.54, 1.807) is 0 Å². The molecule has 1 amide bonds. The van der Waals surface area contributed by atoms with Gasteiger partial charge in [0.1, 0.15) is 11.6 Å². The molecular weight excluding hydrogens is 383 g/mol. The number of amides is 1. The lowest BCUT2D eigenvalue weighted by Gasteiger charge is -2.29. The Morgan fingerprint density at radius 1 is 1.18 bits per heavy atom. The van der Waals surface area contributed by atoms with E-state index in [-0.39, 0.29) is 23.6 Å². The number of likely N-dealkylation sites (tertiary alicyclic amines) is 1. The fraction of sp³-hybridized carbons (Fsp3) is 0.381. The number of carbonyl (C=O) groups is 1. The minimum absolute atomic E-state index is 0.0428. The third-order valence-electron chi connectivity index (χ3n) is 4.74. The third-order valence-corrected chi connectivity index (χ3v) is 5.03. The van der Waals surface area contributed by atoms with Crippen LogP contribution in [0.15, 0.2) is 42.5 Å². The molecule has 3 rings (SSSR count). The Bertz CT molecular complexity index is 793. The number of halogens is 2. The van der Waals surface area contributed by atoms with Crippen LogP contribution in [0.2, 0.25) is 5.02 Å². The topological polar surface area (TPSA) is 61.8 Å². The molecule has 0 atom stereocenters. The molecule has 28 heavy (non-hydrogen) atoms. The molecule has 1 fully saturated rings. The van der Waals surface area contributed by atoms with Crippen LogP contribution in [-0.4, -0.2) is 41.7 Å². The number of aliphatic hydroxyl groups is 1. The molecule has 0 radical (unpaired) electrons. The number of carbonyl (C=O) groups excluding carboxylic acids is 1. The molecule has 1 saturated heterocycles. The zero-order valence-corrected chi connectivity index (χ0v) is 16.3. The molecule has 0 bridgehead atoms. The van der Waals surface area contributed by atoms with E-state index in [2.05, 4.69) is 22.3 Å². The summed E-state index contributed by atoms with van der Waals surface area (Å²) in [5.41, 5.74) is 2.21. The first kappa shape index (κ1) is 20.6.